The Morgan fingerprint density at radius 1 is 0.795 bits per heavy atom. The minimum atomic E-state index is -0.255. The quantitative estimate of drug-likeness (QED) is 0.198. The minimum Gasteiger partial charge on any atom is -0.488 e. The summed E-state index contributed by atoms with van der Waals surface area (Å²) in [7, 11) is 0. The summed E-state index contributed by atoms with van der Waals surface area (Å²) in [5.41, 5.74) is 2.76. The molecule has 0 aliphatic carbocycles. The maximum Gasteiger partial charge on any atom is 0.282 e. The molecule has 0 fully saturated rings. The number of para-hydroxylation sites is 1. The van der Waals surface area contributed by atoms with Gasteiger partial charge in [-0.1, -0.05) is 102 Å². The number of halogens is 2. The lowest BCUT2D eigenvalue weighted by Crippen LogP contribution is -2.20. The summed E-state index contributed by atoms with van der Waals surface area (Å²) in [5.74, 6) is 1.07. The van der Waals surface area contributed by atoms with Gasteiger partial charge < -0.3 is 4.74 Å². The van der Waals surface area contributed by atoms with Crippen LogP contribution in [0, 0.1) is 0 Å². The van der Waals surface area contributed by atoms with E-state index in [0.717, 1.165) is 27.5 Å². The number of nitrogens with zero attached hydrogens (tertiary/aromatic N) is 3. The predicted octanol–water partition coefficient (Wildman–Crippen LogP) is 7.98. The second-order valence-corrected chi connectivity index (χ2v) is 9.73. The van der Waals surface area contributed by atoms with Crippen LogP contribution in [-0.4, -0.2) is 15.9 Å². The molecule has 0 unspecified atom stereocenters. The topological polar surface area (TPSA) is 56.5 Å². The molecule has 0 aliphatic rings. The largest absolute Gasteiger partial charge is 0.488 e. The Morgan fingerprint density at radius 2 is 1.54 bits per heavy atom. The summed E-state index contributed by atoms with van der Waals surface area (Å²) in [6, 6.07) is 34.1. The molecule has 0 N–H and O–H groups in total. The number of rotatable bonds is 6. The van der Waals surface area contributed by atoms with E-state index in [9.17, 15) is 4.79 Å². The fraction of sp³-hybridized carbons (Fsp3) is 0.0312. The second kappa shape index (κ2) is 10.7. The maximum absolute atomic E-state index is 13.6. The van der Waals surface area contributed by atoms with E-state index in [0.29, 0.717) is 32.5 Å². The molecular formula is C32H21Cl2N3O2. The molecule has 0 saturated heterocycles. The number of fused-ring (bicyclic) bond motifs is 2. The van der Waals surface area contributed by atoms with E-state index in [1.165, 1.54) is 4.68 Å². The van der Waals surface area contributed by atoms with Gasteiger partial charge in [0, 0.05) is 11.1 Å². The fourth-order valence-corrected chi connectivity index (χ4v) is 4.77. The minimum absolute atomic E-state index is 0.255. The van der Waals surface area contributed by atoms with E-state index in [1.54, 1.807) is 24.4 Å². The van der Waals surface area contributed by atoms with Crippen LogP contribution in [0.15, 0.2) is 119 Å². The van der Waals surface area contributed by atoms with Crippen molar-refractivity contribution in [1.29, 1.82) is 0 Å². The average Bonchev–Trinajstić information content (AvgIpc) is 2.98. The molecule has 5 nitrogen and oxygen atoms in total. The highest BCUT2D eigenvalue weighted by atomic mass is 35.5. The van der Waals surface area contributed by atoms with Gasteiger partial charge in [-0.15, -0.1) is 0 Å². The molecule has 1 aromatic heterocycles. The Bertz CT molecular complexity index is 1920. The Morgan fingerprint density at radius 3 is 2.36 bits per heavy atom. The van der Waals surface area contributed by atoms with Crippen LogP contribution in [0.3, 0.4) is 0 Å². The number of hydrogen-bond donors (Lipinski definition) is 0. The zero-order valence-corrected chi connectivity index (χ0v) is 22.1. The van der Waals surface area contributed by atoms with Crippen molar-refractivity contribution in [3.63, 3.8) is 0 Å². The smallest absolute Gasteiger partial charge is 0.282 e. The van der Waals surface area contributed by atoms with Crippen molar-refractivity contribution in [2.75, 3.05) is 0 Å². The van der Waals surface area contributed by atoms with Gasteiger partial charge in [-0.2, -0.15) is 9.78 Å². The number of aromatic nitrogens is 2. The van der Waals surface area contributed by atoms with Crippen molar-refractivity contribution < 1.29 is 4.74 Å². The summed E-state index contributed by atoms with van der Waals surface area (Å²) >= 11 is 12.3. The van der Waals surface area contributed by atoms with Crippen LogP contribution >= 0.6 is 23.2 Å². The second-order valence-electron chi connectivity index (χ2n) is 8.92. The molecule has 0 spiro atoms. The monoisotopic (exact) mass is 549 g/mol. The molecule has 39 heavy (non-hydrogen) atoms. The normalized spacial score (nSPS) is 11.4. The molecule has 6 aromatic rings. The van der Waals surface area contributed by atoms with Crippen LogP contribution in [0.4, 0.5) is 0 Å². The molecule has 190 valence electrons. The van der Waals surface area contributed by atoms with Crippen LogP contribution in [0.2, 0.25) is 10.0 Å². The van der Waals surface area contributed by atoms with Crippen LogP contribution in [0.1, 0.15) is 11.1 Å². The fourth-order valence-electron chi connectivity index (χ4n) is 4.45. The van der Waals surface area contributed by atoms with Crippen molar-refractivity contribution in [2.24, 2.45) is 5.10 Å². The van der Waals surface area contributed by atoms with Gasteiger partial charge in [-0.25, -0.2) is 4.98 Å². The van der Waals surface area contributed by atoms with Crippen molar-refractivity contribution in [3.05, 3.63) is 141 Å². The van der Waals surface area contributed by atoms with E-state index in [1.807, 2.05) is 91.0 Å². The molecule has 0 bridgehead atoms. The van der Waals surface area contributed by atoms with Gasteiger partial charge in [0.05, 0.1) is 27.2 Å². The number of hydrogen-bond acceptors (Lipinski definition) is 4. The predicted molar refractivity (Wildman–Crippen MR) is 159 cm³/mol. The van der Waals surface area contributed by atoms with Crippen LogP contribution < -0.4 is 10.3 Å². The summed E-state index contributed by atoms with van der Waals surface area (Å²) in [6.45, 7) is 0.281. The highest BCUT2D eigenvalue weighted by Crippen LogP contribution is 2.29. The van der Waals surface area contributed by atoms with E-state index < -0.39 is 0 Å². The third kappa shape index (κ3) is 5.02. The van der Waals surface area contributed by atoms with E-state index in [-0.39, 0.29) is 12.2 Å². The number of ether oxygens (including phenoxy) is 1. The molecule has 6 rings (SSSR count). The van der Waals surface area contributed by atoms with Gasteiger partial charge in [-0.05, 0) is 46.7 Å². The van der Waals surface area contributed by atoms with Crippen molar-refractivity contribution in [3.8, 4) is 17.1 Å². The summed E-state index contributed by atoms with van der Waals surface area (Å²) in [5, 5.41) is 8.10. The third-order valence-electron chi connectivity index (χ3n) is 6.40. The van der Waals surface area contributed by atoms with Crippen molar-refractivity contribution >= 4 is 51.1 Å². The molecule has 1 heterocycles. The molecule has 0 atom stereocenters. The number of benzene rings is 5. The molecule has 5 aromatic carbocycles. The van der Waals surface area contributed by atoms with E-state index >= 15 is 0 Å². The Kier molecular flexibility index (Phi) is 6.84. The SMILES string of the molecule is O=c1c2ccccc2nc(-c2ccccc2)n1N=Cc1c(OCc2ccc(Cl)c(Cl)c2)ccc2ccccc12. The molecule has 0 saturated carbocycles. The van der Waals surface area contributed by atoms with Gasteiger partial charge in [-0.3, -0.25) is 4.79 Å². The van der Waals surface area contributed by atoms with Crippen LogP contribution in [-0.2, 0) is 6.61 Å². The average molecular weight is 550 g/mol. The Hall–Kier alpha value is -4.45. The third-order valence-corrected chi connectivity index (χ3v) is 7.14. The van der Waals surface area contributed by atoms with Gasteiger partial charge in [0.1, 0.15) is 12.4 Å². The first-order valence-corrected chi connectivity index (χ1v) is 13.0. The van der Waals surface area contributed by atoms with Gasteiger partial charge >= 0.3 is 0 Å². The molecule has 0 radical (unpaired) electrons. The van der Waals surface area contributed by atoms with Gasteiger partial charge in [0.2, 0.25) is 0 Å². The Labute approximate surface area is 234 Å². The Balaban J connectivity index is 1.48. The first-order valence-electron chi connectivity index (χ1n) is 12.3. The van der Waals surface area contributed by atoms with E-state index in [4.69, 9.17) is 38.0 Å². The van der Waals surface area contributed by atoms with Crippen LogP contribution in [0.25, 0.3) is 33.1 Å². The zero-order valence-electron chi connectivity index (χ0n) is 20.6. The maximum atomic E-state index is 13.6. The molecular weight excluding hydrogens is 529 g/mol. The van der Waals surface area contributed by atoms with Crippen molar-refractivity contribution in [1.82, 2.24) is 9.66 Å². The standard InChI is InChI=1S/C32H21Cl2N3O2/c33-27-16-14-21(18-28(27)34)20-39-30-17-15-22-8-4-5-11-24(22)26(30)19-35-37-31(23-9-2-1-3-10-23)36-29-13-7-6-12-25(29)32(37)38/h1-19H,20H2. The highest BCUT2D eigenvalue weighted by Gasteiger charge is 2.13. The van der Waals surface area contributed by atoms with Crippen LogP contribution in [0.5, 0.6) is 5.75 Å². The molecule has 0 amide bonds. The molecule has 0 aliphatic heterocycles. The first kappa shape index (κ1) is 24.9. The lowest BCUT2D eigenvalue weighted by molar-refractivity contribution is 0.306. The zero-order chi connectivity index (χ0) is 26.8. The lowest BCUT2D eigenvalue weighted by Gasteiger charge is -2.13. The summed E-state index contributed by atoms with van der Waals surface area (Å²) in [4.78, 5) is 18.4. The molecule has 7 heteroatoms. The van der Waals surface area contributed by atoms with E-state index in [2.05, 4.69) is 0 Å². The van der Waals surface area contributed by atoms with Gasteiger partial charge in [0.25, 0.3) is 5.56 Å². The highest BCUT2D eigenvalue weighted by molar-refractivity contribution is 6.42. The first-order chi connectivity index (χ1) is 19.1. The van der Waals surface area contributed by atoms with Gasteiger partial charge in [0.15, 0.2) is 5.82 Å². The summed E-state index contributed by atoms with van der Waals surface area (Å²) < 4.78 is 7.58. The van der Waals surface area contributed by atoms with Crippen molar-refractivity contribution in [2.45, 2.75) is 6.61 Å². The summed E-state index contributed by atoms with van der Waals surface area (Å²) in [6.07, 6.45) is 1.66. The lowest BCUT2D eigenvalue weighted by atomic mass is 10.0.